The van der Waals surface area contributed by atoms with Gasteiger partial charge in [-0.1, -0.05) is 32.6 Å². The monoisotopic (exact) mass is 284 g/mol. The SMILES string of the molecule is CCCCCCCOC1CCC(NC(C)C)(C(N)=O)C1. The van der Waals surface area contributed by atoms with Gasteiger partial charge in [-0.15, -0.1) is 0 Å². The third-order valence-electron chi connectivity index (χ3n) is 4.11. The van der Waals surface area contributed by atoms with Crippen molar-refractivity contribution in [2.75, 3.05) is 6.61 Å². The van der Waals surface area contributed by atoms with Crippen LogP contribution in [0.2, 0.25) is 0 Å². The zero-order valence-corrected chi connectivity index (χ0v) is 13.4. The Labute approximate surface area is 123 Å². The van der Waals surface area contributed by atoms with Crippen LogP contribution in [0.3, 0.4) is 0 Å². The van der Waals surface area contributed by atoms with E-state index in [1.165, 1.54) is 25.7 Å². The zero-order chi connectivity index (χ0) is 15.0. The van der Waals surface area contributed by atoms with Crippen molar-refractivity contribution < 1.29 is 9.53 Å². The maximum atomic E-state index is 11.8. The molecule has 0 radical (unpaired) electrons. The second kappa shape index (κ2) is 8.63. The lowest BCUT2D eigenvalue weighted by atomic mass is 9.95. The highest BCUT2D eigenvalue weighted by Gasteiger charge is 2.44. The Kier molecular flexibility index (Phi) is 7.52. The van der Waals surface area contributed by atoms with Crippen molar-refractivity contribution in [1.29, 1.82) is 0 Å². The summed E-state index contributed by atoms with van der Waals surface area (Å²) in [5.41, 5.74) is 5.04. The summed E-state index contributed by atoms with van der Waals surface area (Å²) in [6.07, 6.45) is 8.86. The highest BCUT2D eigenvalue weighted by molar-refractivity contribution is 5.85. The molecule has 1 saturated carbocycles. The predicted molar refractivity (Wildman–Crippen MR) is 82.5 cm³/mol. The van der Waals surface area contributed by atoms with Crippen LogP contribution < -0.4 is 11.1 Å². The van der Waals surface area contributed by atoms with Crippen LogP contribution in [0.15, 0.2) is 0 Å². The number of nitrogens with two attached hydrogens (primary N) is 1. The molecule has 4 nitrogen and oxygen atoms in total. The van der Waals surface area contributed by atoms with E-state index in [4.69, 9.17) is 10.5 Å². The third-order valence-corrected chi connectivity index (χ3v) is 4.11. The Morgan fingerprint density at radius 1 is 1.35 bits per heavy atom. The van der Waals surface area contributed by atoms with Gasteiger partial charge in [0.2, 0.25) is 5.91 Å². The van der Waals surface area contributed by atoms with Crippen molar-refractivity contribution in [3.63, 3.8) is 0 Å². The van der Waals surface area contributed by atoms with E-state index in [9.17, 15) is 4.79 Å². The van der Waals surface area contributed by atoms with Crippen LogP contribution in [0, 0.1) is 0 Å². The quantitative estimate of drug-likeness (QED) is 0.606. The minimum Gasteiger partial charge on any atom is -0.378 e. The van der Waals surface area contributed by atoms with Crippen LogP contribution in [0.1, 0.15) is 72.1 Å². The fraction of sp³-hybridized carbons (Fsp3) is 0.938. The average molecular weight is 284 g/mol. The molecule has 0 saturated heterocycles. The number of primary amides is 1. The van der Waals surface area contributed by atoms with Gasteiger partial charge in [-0.05, 0) is 33.1 Å². The summed E-state index contributed by atoms with van der Waals surface area (Å²) in [5.74, 6) is -0.236. The molecule has 0 aliphatic heterocycles. The van der Waals surface area contributed by atoms with Gasteiger partial charge in [-0.2, -0.15) is 0 Å². The molecule has 1 fully saturated rings. The zero-order valence-electron chi connectivity index (χ0n) is 13.4. The van der Waals surface area contributed by atoms with Crippen LogP contribution >= 0.6 is 0 Å². The molecular formula is C16H32N2O2. The summed E-state index contributed by atoms with van der Waals surface area (Å²) in [5, 5.41) is 3.35. The number of carbonyl (C=O) groups excluding carboxylic acids is 1. The molecule has 4 heteroatoms. The van der Waals surface area contributed by atoms with Crippen molar-refractivity contribution in [3.05, 3.63) is 0 Å². The van der Waals surface area contributed by atoms with Gasteiger partial charge >= 0.3 is 0 Å². The lowest BCUT2D eigenvalue weighted by molar-refractivity contribution is -0.125. The summed E-state index contributed by atoms with van der Waals surface area (Å²) in [6, 6.07) is 0.260. The number of hydrogen-bond donors (Lipinski definition) is 2. The molecule has 0 heterocycles. The number of hydrogen-bond acceptors (Lipinski definition) is 3. The van der Waals surface area contributed by atoms with Gasteiger partial charge in [0.25, 0.3) is 0 Å². The van der Waals surface area contributed by atoms with Crippen LogP contribution in [-0.4, -0.2) is 30.2 Å². The van der Waals surface area contributed by atoms with Crippen molar-refractivity contribution in [1.82, 2.24) is 5.32 Å². The summed E-state index contributed by atoms with van der Waals surface area (Å²) < 4.78 is 5.92. The average Bonchev–Trinajstić information content (AvgIpc) is 2.77. The second-order valence-electron chi connectivity index (χ2n) is 6.40. The molecule has 0 bridgehead atoms. The first-order valence-electron chi connectivity index (χ1n) is 8.19. The maximum absolute atomic E-state index is 11.8. The van der Waals surface area contributed by atoms with E-state index in [-0.39, 0.29) is 18.1 Å². The fourth-order valence-corrected chi connectivity index (χ4v) is 3.08. The summed E-state index contributed by atoms with van der Waals surface area (Å²) in [4.78, 5) is 11.8. The smallest absolute Gasteiger partial charge is 0.237 e. The lowest BCUT2D eigenvalue weighted by Crippen LogP contribution is -2.56. The van der Waals surface area contributed by atoms with Crippen molar-refractivity contribution in [3.8, 4) is 0 Å². The highest BCUT2D eigenvalue weighted by atomic mass is 16.5. The molecule has 0 aromatic rings. The van der Waals surface area contributed by atoms with Crippen LogP contribution in [-0.2, 0) is 9.53 Å². The molecule has 0 aromatic carbocycles. The van der Waals surface area contributed by atoms with Gasteiger partial charge in [0.05, 0.1) is 6.10 Å². The summed E-state index contributed by atoms with van der Waals surface area (Å²) >= 11 is 0. The molecule has 2 atom stereocenters. The molecule has 118 valence electrons. The van der Waals surface area contributed by atoms with Crippen molar-refractivity contribution in [2.45, 2.75) is 89.8 Å². The van der Waals surface area contributed by atoms with E-state index < -0.39 is 5.54 Å². The minimum atomic E-state index is -0.555. The van der Waals surface area contributed by atoms with E-state index in [2.05, 4.69) is 12.2 Å². The van der Waals surface area contributed by atoms with Gasteiger partial charge in [-0.3, -0.25) is 4.79 Å². The number of unbranched alkanes of at least 4 members (excludes halogenated alkanes) is 4. The molecule has 0 aromatic heterocycles. The van der Waals surface area contributed by atoms with E-state index in [0.717, 1.165) is 32.3 Å². The largest absolute Gasteiger partial charge is 0.378 e. The molecule has 1 aliphatic carbocycles. The highest BCUT2D eigenvalue weighted by Crippen LogP contribution is 2.32. The van der Waals surface area contributed by atoms with E-state index >= 15 is 0 Å². The number of amides is 1. The molecule has 1 aliphatic rings. The lowest BCUT2D eigenvalue weighted by Gasteiger charge is -2.29. The molecule has 2 unspecified atom stereocenters. The van der Waals surface area contributed by atoms with E-state index in [1.54, 1.807) is 0 Å². The molecule has 0 spiro atoms. The first-order chi connectivity index (χ1) is 9.50. The number of ether oxygens (including phenoxy) is 1. The fourth-order valence-electron chi connectivity index (χ4n) is 3.08. The Balaban J connectivity index is 2.28. The molecular weight excluding hydrogens is 252 g/mol. The van der Waals surface area contributed by atoms with Crippen LogP contribution in [0.25, 0.3) is 0 Å². The normalized spacial score (nSPS) is 26.3. The first-order valence-corrected chi connectivity index (χ1v) is 8.19. The van der Waals surface area contributed by atoms with Gasteiger partial charge in [-0.25, -0.2) is 0 Å². The topological polar surface area (TPSA) is 64.3 Å². The van der Waals surface area contributed by atoms with Gasteiger partial charge in [0, 0.05) is 19.1 Å². The summed E-state index contributed by atoms with van der Waals surface area (Å²) in [6.45, 7) is 7.13. The van der Waals surface area contributed by atoms with Crippen molar-refractivity contribution >= 4 is 5.91 Å². The molecule has 20 heavy (non-hydrogen) atoms. The molecule has 1 amide bonds. The Hall–Kier alpha value is -0.610. The van der Waals surface area contributed by atoms with E-state index in [1.807, 2.05) is 13.8 Å². The maximum Gasteiger partial charge on any atom is 0.237 e. The van der Waals surface area contributed by atoms with Crippen LogP contribution in [0.4, 0.5) is 0 Å². The third kappa shape index (κ3) is 5.41. The number of carbonyl (C=O) groups is 1. The van der Waals surface area contributed by atoms with Gasteiger partial charge in [0.15, 0.2) is 0 Å². The van der Waals surface area contributed by atoms with Crippen molar-refractivity contribution in [2.24, 2.45) is 5.73 Å². The number of nitrogens with one attached hydrogen (secondary N) is 1. The van der Waals surface area contributed by atoms with Gasteiger partial charge in [0.1, 0.15) is 5.54 Å². The predicted octanol–water partition coefficient (Wildman–Crippen LogP) is 2.75. The first kappa shape index (κ1) is 17.4. The molecule has 1 rings (SSSR count). The minimum absolute atomic E-state index is 0.180. The Morgan fingerprint density at radius 2 is 2.05 bits per heavy atom. The second-order valence-corrected chi connectivity index (χ2v) is 6.40. The Morgan fingerprint density at radius 3 is 2.65 bits per heavy atom. The van der Waals surface area contributed by atoms with Gasteiger partial charge < -0.3 is 15.8 Å². The standard InChI is InChI=1S/C16H32N2O2/c1-4-5-6-7-8-11-20-14-9-10-16(12-14,15(17)19)18-13(2)3/h13-14,18H,4-12H2,1-3H3,(H2,17,19). The molecule has 3 N–H and O–H groups in total. The summed E-state index contributed by atoms with van der Waals surface area (Å²) in [7, 11) is 0. The Bertz CT molecular complexity index is 294. The van der Waals surface area contributed by atoms with Crippen LogP contribution in [0.5, 0.6) is 0 Å². The van der Waals surface area contributed by atoms with E-state index in [0.29, 0.717) is 0 Å². The number of rotatable bonds is 10.